The van der Waals surface area contributed by atoms with Crippen LogP contribution in [-0.2, 0) is 21.5 Å². The molecule has 3 nitrogen and oxygen atoms in total. The largest absolute Gasteiger partial charge is 0.461 e. The molecule has 0 amide bonds. The minimum atomic E-state index is -0.333. The van der Waals surface area contributed by atoms with Gasteiger partial charge in [-0.15, -0.1) is 0 Å². The van der Waals surface area contributed by atoms with Gasteiger partial charge in [0.15, 0.2) is 0 Å². The van der Waals surface area contributed by atoms with E-state index >= 15 is 0 Å². The van der Waals surface area contributed by atoms with Gasteiger partial charge in [0, 0.05) is 23.2 Å². The first-order valence-corrected chi connectivity index (χ1v) is 6.87. The summed E-state index contributed by atoms with van der Waals surface area (Å²) in [6, 6.07) is 7.85. The number of nitrogens with zero attached hydrogens (tertiary/aromatic N) is 1. The number of hydrogen-bond acceptors (Lipinski definition) is 3. The number of halogens is 2. The summed E-state index contributed by atoms with van der Waals surface area (Å²) in [5.74, 6) is -0.333. The lowest BCUT2D eigenvalue weighted by atomic mass is 10.1. The van der Waals surface area contributed by atoms with Gasteiger partial charge in [-0.3, -0.25) is 4.79 Å². The monoisotopic (exact) mass is 327 g/mol. The lowest BCUT2D eigenvalue weighted by Gasteiger charge is -2.07. The van der Waals surface area contributed by atoms with Crippen molar-refractivity contribution in [1.82, 2.24) is 4.98 Å². The average Bonchev–Trinajstić information content (AvgIpc) is 2.35. The Morgan fingerprint density at radius 2 is 2.22 bits per heavy atom. The van der Waals surface area contributed by atoms with Crippen molar-refractivity contribution in [2.75, 3.05) is 0 Å². The molecule has 2 aromatic rings. The van der Waals surface area contributed by atoms with E-state index in [1.165, 1.54) is 6.92 Å². The number of alkyl halides is 1. The van der Waals surface area contributed by atoms with E-state index in [1.807, 2.05) is 24.3 Å². The Kier molecular flexibility index (Phi) is 4.19. The lowest BCUT2D eigenvalue weighted by Crippen LogP contribution is -2.00. The molecule has 2 rings (SSSR count). The van der Waals surface area contributed by atoms with Crippen LogP contribution in [0.15, 0.2) is 24.3 Å². The van der Waals surface area contributed by atoms with E-state index in [1.54, 1.807) is 0 Å². The highest BCUT2D eigenvalue weighted by atomic mass is 79.9. The minimum absolute atomic E-state index is 0.148. The van der Waals surface area contributed by atoms with Gasteiger partial charge in [-0.2, -0.15) is 0 Å². The first kappa shape index (κ1) is 13.3. The fraction of sp³-hybridized carbons (Fsp3) is 0.231. The van der Waals surface area contributed by atoms with Crippen LogP contribution in [0.3, 0.4) is 0 Å². The molecule has 18 heavy (non-hydrogen) atoms. The summed E-state index contributed by atoms with van der Waals surface area (Å²) in [7, 11) is 0. The third-order valence-electron chi connectivity index (χ3n) is 2.49. The van der Waals surface area contributed by atoms with Crippen LogP contribution in [0.25, 0.3) is 10.9 Å². The number of benzene rings is 1. The highest BCUT2D eigenvalue weighted by molar-refractivity contribution is 9.08. The predicted octanol–water partition coefficient (Wildman–Crippen LogP) is 3.85. The molecule has 0 bridgehead atoms. The van der Waals surface area contributed by atoms with E-state index < -0.39 is 0 Å². The van der Waals surface area contributed by atoms with E-state index in [4.69, 9.17) is 16.3 Å². The third kappa shape index (κ3) is 3.00. The molecule has 0 atom stereocenters. The molecule has 1 heterocycles. The molecule has 0 aliphatic rings. The molecular formula is C13H11BrClNO2. The zero-order valence-corrected chi connectivity index (χ0v) is 12.1. The van der Waals surface area contributed by atoms with Crippen LogP contribution in [0.1, 0.15) is 18.1 Å². The number of rotatable bonds is 3. The number of ether oxygens (including phenoxy) is 1. The highest BCUT2D eigenvalue weighted by Gasteiger charge is 2.07. The SMILES string of the molecule is CC(=O)OCc1cc2cc(CBr)ccc2nc1Cl. The van der Waals surface area contributed by atoms with Crippen molar-refractivity contribution in [3.63, 3.8) is 0 Å². The van der Waals surface area contributed by atoms with Crippen molar-refractivity contribution in [3.8, 4) is 0 Å². The van der Waals surface area contributed by atoms with Crippen LogP contribution >= 0.6 is 27.5 Å². The molecule has 0 fully saturated rings. The van der Waals surface area contributed by atoms with Crippen molar-refractivity contribution in [2.45, 2.75) is 18.9 Å². The number of carbonyl (C=O) groups is 1. The smallest absolute Gasteiger partial charge is 0.302 e. The molecule has 0 N–H and O–H groups in total. The summed E-state index contributed by atoms with van der Waals surface area (Å²) in [5, 5.41) is 2.14. The van der Waals surface area contributed by atoms with Crippen LogP contribution in [0.5, 0.6) is 0 Å². The van der Waals surface area contributed by atoms with E-state index in [-0.39, 0.29) is 12.6 Å². The van der Waals surface area contributed by atoms with Crippen LogP contribution in [0.2, 0.25) is 5.15 Å². The molecule has 1 aromatic carbocycles. The molecule has 0 aliphatic heterocycles. The second kappa shape index (κ2) is 5.67. The van der Waals surface area contributed by atoms with Crippen molar-refractivity contribution in [2.24, 2.45) is 0 Å². The van der Waals surface area contributed by atoms with Crippen molar-refractivity contribution < 1.29 is 9.53 Å². The molecule has 0 radical (unpaired) electrons. The fourth-order valence-corrected chi connectivity index (χ4v) is 2.16. The number of carbonyl (C=O) groups excluding carboxylic acids is 1. The quantitative estimate of drug-likeness (QED) is 0.488. The molecule has 0 spiro atoms. The molecule has 0 aliphatic carbocycles. The van der Waals surface area contributed by atoms with Crippen molar-refractivity contribution in [3.05, 3.63) is 40.5 Å². The maximum absolute atomic E-state index is 10.8. The van der Waals surface area contributed by atoms with Crippen LogP contribution in [-0.4, -0.2) is 11.0 Å². The number of pyridine rings is 1. The van der Waals surface area contributed by atoms with E-state index in [9.17, 15) is 4.79 Å². The van der Waals surface area contributed by atoms with E-state index in [2.05, 4.69) is 20.9 Å². The number of aromatic nitrogens is 1. The number of hydrogen-bond donors (Lipinski definition) is 0. The van der Waals surface area contributed by atoms with E-state index in [0.29, 0.717) is 10.7 Å². The van der Waals surface area contributed by atoms with Gasteiger partial charge in [0.05, 0.1) is 5.52 Å². The number of fused-ring (bicyclic) bond motifs is 1. The third-order valence-corrected chi connectivity index (χ3v) is 3.47. The van der Waals surface area contributed by atoms with Crippen LogP contribution < -0.4 is 0 Å². The van der Waals surface area contributed by atoms with Gasteiger partial charge in [-0.1, -0.05) is 33.6 Å². The summed E-state index contributed by atoms with van der Waals surface area (Å²) in [5.41, 5.74) is 2.70. The summed E-state index contributed by atoms with van der Waals surface area (Å²) >= 11 is 9.46. The summed E-state index contributed by atoms with van der Waals surface area (Å²) in [6.45, 7) is 1.51. The topological polar surface area (TPSA) is 39.2 Å². The molecule has 94 valence electrons. The maximum atomic E-state index is 10.8. The van der Waals surface area contributed by atoms with Crippen molar-refractivity contribution >= 4 is 44.4 Å². The Morgan fingerprint density at radius 3 is 2.89 bits per heavy atom. The zero-order valence-electron chi connectivity index (χ0n) is 9.74. The van der Waals surface area contributed by atoms with Gasteiger partial charge in [0.25, 0.3) is 0 Å². The second-order valence-corrected chi connectivity index (χ2v) is 4.80. The van der Waals surface area contributed by atoms with Gasteiger partial charge in [-0.05, 0) is 23.8 Å². The maximum Gasteiger partial charge on any atom is 0.302 e. The van der Waals surface area contributed by atoms with Gasteiger partial charge >= 0.3 is 5.97 Å². The summed E-state index contributed by atoms with van der Waals surface area (Å²) in [4.78, 5) is 15.1. The summed E-state index contributed by atoms with van der Waals surface area (Å²) in [6.07, 6.45) is 0. The lowest BCUT2D eigenvalue weighted by molar-refractivity contribution is -0.142. The van der Waals surface area contributed by atoms with Gasteiger partial charge in [0.1, 0.15) is 11.8 Å². The minimum Gasteiger partial charge on any atom is -0.461 e. The van der Waals surface area contributed by atoms with Crippen LogP contribution in [0, 0.1) is 0 Å². The molecular weight excluding hydrogens is 318 g/mol. The van der Waals surface area contributed by atoms with Gasteiger partial charge < -0.3 is 4.74 Å². The highest BCUT2D eigenvalue weighted by Crippen LogP contribution is 2.23. The summed E-state index contributed by atoms with van der Waals surface area (Å²) < 4.78 is 4.94. The molecule has 0 saturated carbocycles. The molecule has 5 heteroatoms. The predicted molar refractivity (Wildman–Crippen MR) is 74.9 cm³/mol. The van der Waals surface area contributed by atoms with Crippen LogP contribution in [0.4, 0.5) is 0 Å². The Hall–Kier alpha value is -1.13. The first-order chi connectivity index (χ1) is 8.60. The Bertz CT molecular complexity index is 601. The van der Waals surface area contributed by atoms with Gasteiger partial charge in [0.2, 0.25) is 0 Å². The zero-order chi connectivity index (χ0) is 13.1. The molecule has 0 saturated heterocycles. The Morgan fingerprint density at radius 1 is 1.44 bits per heavy atom. The van der Waals surface area contributed by atoms with Gasteiger partial charge in [-0.25, -0.2) is 4.98 Å². The Balaban J connectivity index is 2.41. The average molecular weight is 329 g/mol. The standard InChI is InChI=1S/C13H11BrClNO2/c1-8(17)18-7-11-5-10-4-9(6-14)2-3-12(10)16-13(11)15/h2-5H,6-7H2,1H3. The Labute approximate surface area is 118 Å². The molecule has 1 aromatic heterocycles. The first-order valence-electron chi connectivity index (χ1n) is 5.37. The van der Waals surface area contributed by atoms with Crippen molar-refractivity contribution in [1.29, 1.82) is 0 Å². The number of esters is 1. The second-order valence-electron chi connectivity index (χ2n) is 3.88. The molecule has 0 unspecified atom stereocenters. The normalized spacial score (nSPS) is 10.6. The fourth-order valence-electron chi connectivity index (χ4n) is 1.61. The van der Waals surface area contributed by atoms with E-state index in [0.717, 1.165) is 21.8 Å².